The molecule has 0 unspecified atom stereocenters. The highest BCUT2D eigenvalue weighted by Crippen LogP contribution is 2.10. The Kier molecular flexibility index (Phi) is 7.01. The van der Waals surface area contributed by atoms with Crippen molar-refractivity contribution in [2.75, 3.05) is 45.4 Å². The smallest absolute Gasteiger partial charge is 0.218 e. The van der Waals surface area contributed by atoms with Gasteiger partial charge in [0.25, 0.3) is 0 Å². The van der Waals surface area contributed by atoms with Crippen molar-refractivity contribution in [1.29, 1.82) is 0 Å². The third kappa shape index (κ3) is 6.03. The Bertz CT molecular complexity index is 310. The Morgan fingerprint density at radius 1 is 1.18 bits per heavy atom. The van der Waals surface area contributed by atoms with Crippen LogP contribution in [0, 0.1) is 0 Å². The topological polar surface area (TPSA) is 65.5 Å². The Morgan fingerprint density at radius 3 is 2.76 bits per heavy atom. The van der Waals surface area contributed by atoms with Gasteiger partial charge in [0.1, 0.15) is 18.8 Å². The first-order valence-corrected chi connectivity index (χ1v) is 5.62. The lowest BCUT2D eigenvalue weighted by Crippen LogP contribution is -2.11. The molecule has 1 rings (SSSR count). The Balaban J connectivity index is 2.19. The molecular formula is C11H19N3O3. The molecule has 17 heavy (non-hydrogen) atoms. The zero-order valence-corrected chi connectivity index (χ0v) is 10.3. The summed E-state index contributed by atoms with van der Waals surface area (Å²) in [5, 5.41) is 3.09. The SMILES string of the molecule is CCNc1cc(OCCOCCOC)ncn1. The molecule has 0 aromatic carbocycles. The lowest BCUT2D eigenvalue weighted by molar-refractivity contribution is 0.0537. The number of nitrogens with zero attached hydrogens (tertiary/aromatic N) is 2. The average Bonchev–Trinajstić information content (AvgIpc) is 2.35. The van der Waals surface area contributed by atoms with Crippen LogP contribution in [0.1, 0.15) is 6.92 Å². The maximum Gasteiger partial charge on any atom is 0.218 e. The fourth-order valence-electron chi connectivity index (χ4n) is 1.15. The van der Waals surface area contributed by atoms with Gasteiger partial charge in [0.15, 0.2) is 0 Å². The molecule has 0 aliphatic rings. The summed E-state index contributed by atoms with van der Waals surface area (Å²) < 4.78 is 15.5. The number of methoxy groups -OCH3 is 1. The van der Waals surface area contributed by atoms with Gasteiger partial charge >= 0.3 is 0 Å². The van der Waals surface area contributed by atoms with Crippen molar-refractivity contribution >= 4 is 5.82 Å². The molecule has 0 bridgehead atoms. The van der Waals surface area contributed by atoms with Gasteiger partial charge in [-0.15, -0.1) is 0 Å². The highest BCUT2D eigenvalue weighted by atomic mass is 16.5. The number of nitrogens with one attached hydrogen (secondary N) is 1. The number of rotatable bonds is 9. The minimum absolute atomic E-state index is 0.465. The fourth-order valence-corrected chi connectivity index (χ4v) is 1.15. The van der Waals surface area contributed by atoms with Crippen LogP contribution in [0.25, 0.3) is 0 Å². The van der Waals surface area contributed by atoms with E-state index in [0.29, 0.717) is 32.3 Å². The molecule has 6 heteroatoms. The van der Waals surface area contributed by atoms with Gasteiger partial charge in [0.2, 0.25) is 5.88 Å². The van der Waals surface area contributed by atoms with Gasteiger partial charge < -0.3 is 19.5 Å². The van der Waals surface area contributed by atoms with Gasteiger partial charge in [0.05, 0.1) is 19.8 Å². The second-order valence-electron chi connectivity index (χ2n) is 3.23. The van der Waals surface area contributed by atoms with Crippen LogP contribution < -0.4 is 10.1 Å². The van der Waals surface area contributed by atoms with E-state index in [2.05, 4.69) is 15.3 Å². The third-order valence-electron chi connectivity index (χ3n) is 1.91. The largest absolute Gasteiger partial charge is 0.475 e. The Hall–Kier alpha value is -1.40. The van der Waals surface area contributed by atoms with E-state index >= 15 is 0 Å². The average molecular weight is 241 g/mol. The van der Waals surface area contributed by atoms with Crippen molar-refractivity contribution in [3.63, 3.8) is 0 Å². The summed E-state index contributed by atoms with van der Waals surface area (Å²) in [5.74, 6) is 1.31. The quantitative estimate of drug-likeness (QED) is 0.649. The highest BCUT2D eigenvalue weighted by Gasteiger charge is 1.98. The first kappa shape index (κ1) is 13.7. The van der Waals surface area contributed by atoms with E-state index in [1.807, 2.05) is 6.92 Å². The summed E-state index contributed by atoms with van der Waals surface area (Å²) in [6, 6.07) is 1.76. The van der Waals surface area contributed by atoms with E-state index in [4.69, 9.17) is 14.2 Å². The lowest BCUT2D eigenvalue weighted by Gasteiger charge is -2.07. The predicted molar refractivity (Wildman–Crippen MR) is 64.4 cm³/mol. The molecule has 0 radical (unpaired) electrons. The van der Waals surface area contributed by atoms with Crippen LogP contribution in [0.4, 0.5) is 5.82 Å². The summed E-state index contributed by atoms with van der Waals surface area (Å²) in [6.07, 6.45) is 1.47. The zero-order chi connectivity index (χ0) is 12.3. The van der Waals surface area contributed by atoms with Gasteiger partial charge in [-0.2, -0.15) is 0 Å². The molecule has 0 saturated heterocycles. The summed E-state index contributed by atoms with van der Waals surface area (Å²) in [6.45, 7) is 4.98. The molecule has 1 N–H and O–H groups in total. The van der Waals surface area contributed by atoms with Crippen LogP contribution in [0.15, 0.2) is 12.4 Å². The van der Waals surface area contributed by atoms with E-state index in [-0.39, 0.29) is 0 Å². The van der Waals surface area contributed by atoms with Crippen molar-refractivity contribution in [1.82, 2.24) is 9.97 Å². The zero-order valence-electron chi connectivity index (χ0n) is 10.3. The molecule has 1 aromatic heterocycles. The summed E-state index contributed by atoms with van der Waals surface area (Å²) in [4.78, 5) is 8.05. The molecule has 0 spiro atoms. The standard InChI is InChI=1S/C11H19N3O3/c1-3-12-10-8-11(14-9-13-10)17-7-6-16-5-4-15-2/h8-9H,3-7H2,1-2H3,(H,12,13,14). The minimum atomic E-state index is 0.465. The number of aromatic nitrogens is 2. The molecule has 1 aromatic rings. The molecule has 0 aliphatic heterocycles. The van der Waals surface area contributed by atoms with Gasteiger partial charge in [-0.05, 0) is 6.92 Å². The molecule has 0 aliphatic carbocycles. The minimum Gasteiger partial charge on any atom is -0.475 e. The van der Waals surface area contributed by atoms with Crippen molar-refractivity contribution < 1.29 is 14.2 Å². The molecule has 96 valence electrons. The number of hydrogen-bond acceptors (Lipinski definition) is 6. The van der Waals surface area contributed by atoms with E-state index in [9.17, 15) is 0 Å². The summed E-state index contributed by atoms with van der Waals surface area (Å²) in [7, 11) is 1.64. The molecule has 0 fully saturated rings. The second kappa shape index (κ2) is 8.72. The second-order valence-corrected chi connectivity index (χ2v) is 3.23. The van der Waals surface area contributed by atoms with E-state index < -0.39 is 0 Å². The molecule has 0 amide bonds. The summed E-state index contributed by atoms with van der Waals surface area (Å²) in [5.41, 5.74) is 0. The normalized spacial score (nSPS) is 10.2. The Morgan fingerprint density at radius 2 is 2.00 bits per heavy atom. The third-order valence-corrected chi connectivity index (χ3v) is 1.91. The highest BCUT2D eigenvalue weighted by molar-refractivity contribution is 5.36. The van der Waals surface area contributed by atoms with Crippen molar-refractivity contribution in [2.24, 2.45) is 0 Å². The van der Waals surface area contributed by atoms with E-state index in [0.717, 1.165) is 12.4 Å². The van der Waals surface area contributed by atoms with Crippen LogP contribution in [0.5, 0.6) is 5.88 Å². The Labute approximate surface area is 101 Å². The van der Waals surface area contributed by atoms with Crippen LogP contribution in [-0.4, -0.2) is 50.1 Å². The molecule has 0 saturated carbocycles. The van der Waals surface area contributed by atoms with Crippen LogP contribution in [0.3, 0.4) is 0 Å². The van der Waals surface area contributed by atoms with Crippen molar-refractivity contribution in [3.05, 3.63) is 12.4 Å². The monoisotopic (exact) mass is 241 g/mol. The van der Waals surface area contributed by atoms with Crippen molar-refractivity contribution in [2.45, 2.75) is 6.92 Å². The number of hydrogen-bond donors (Lipinski definition) is 1. The van der Waals surface area contributed by atoms with Gasteiger partial charge in [-0.3, -0.25) is 0 Å². The van der Waals surface area contributed by atoms with E-state index in [1.54, 1.807) is 13.2 Å². The fraction of sp³-hybridized carbons (Fsp3) is 0.636. The van der Waals surface area contributed by atoms with Gasteiger partial charge in [-0.1, -0.05) is 0 Å². The molecule has 6 nitrogen and oxygen atoms in total. The van der Waals surface area contributed by atoms with Crippen molar-refractivity contribution in [3.8, 4) is 5.88 Å². The molecular weight excluding hydrogens is 222 g/mol. The first-order valence-electron chi connectivity index (χ1n) is 5.62. The first-order chi connectivity index (χ1) is 8.36. The van der Waals surface area contributed by atoms with E-state index in [1.165, 1.54) is 6.33 Å². The summed E-state index contributed by atoms with van der Waals surface area (Å²) >= 11 is 0. The van der Waals surface area contributed by atoms with Crippen LogP contribution in [-0.2, 0) is 9.47 Å². The maximum absolute atomic E-state index is 5.42. The molecule has 0 atom stereocenters. The molecule has 1 heterocycles. The lowest BCUT2D eigenvalue weighted by atomic mass is 10.5. The van der Waals surface area contributed by atoms with Crippen LogP contribution >= 0.6 is 0 Å². The predicted octanol–water partition coefficient (Wildman–Crippen LogP) is 0.950. The number of anilines is 1. The maximum atomic E-state index is 5.42. The van der Waals surface area contributed by atoms with Crippen LogP contribution in [0.2, 0.25) is 0 Å². The van der Waals surface area contributed by atoms with Gasteiger partial charge in [-0.25, -0.2) is 9.97 Å². The number of ether oxygens (including phenoxy) is 3. The van der Waals surface area contributed by atoms with Gasteiger partial charge in [0, 0.05) is 19.7 Å².